The number of carbonyl (C=O) groups is 1. The number of amides is 1. The van der Waals surface area contributed by atoms with Crippen LogP contribution < -0.4 is 10.6 Å². The first-order valence-electron chi connectivity index (χ1n) is 8.37. The topological polar surface area (TPSA) is 41.1 Å². The maximum absolute atomic E-state index is 12.0. The quantitative estimate of drug-likeness (QED) is 0.750. The Kier molecular flexibility index (Phi) is 6.74. The number of carbonyl (C=O) groups excluding carboxylic acids is 1. The molecule has 0 aliphatic carbocycles. The van der Waals surface area contributed by atoms with Crippen molar-refractivity contribution in [2.24, 2.45) is 5.92 Å². The van der Waals surface area contributed by atoms with Crippen LogP contribution in [0.2, 0.25) is 0 Å². The summed E-state index contributed by atoms with van der Waals surface area (Å²) in [5.74, 6) is 0.634. The van der Waals surface area contributed by atoms with Gasteiger partial charge in [-0.15, -0.1) is 0 Å². The molecule has 0 saturated carbocycles. The maximum atomic E-state index is 12.0. The number of unbranched alkanes of at least 4 members (excludes halogenated alkanes) is 2. The van der Waals surface area contributed by atoms with E-state index in [1.54, 1.807) is 0 Å². The highest BCUT2D eigenvalue weighted by Crippen LogP contribution is 2.16. The van der Waals surface area contributed by atoms with E-state index in [0.29, 0.717) is 12.3 Å². The van der Waals surface area contributed by atoms with Gasteiger partial charge in [0, 0.05) is 12.1 Å². The van der Waals surface area contributed by atoms with Crippen molar-refractivity contribution in [3.63, 3.8) is 0 Å². The van der Waals surface area contributed by atoms with E-state index in [2.05, 4.69) is 29.7 Å². The highest BCUT2D eigenvalue weighted by atomic mass is 16.1. The molecule has 1 aromatic rings. The molecule has 2 rings (SSSR count). The molecule has 116 valence electrons. The molecule has 3 heteroatoms. The van der Waals surface area contributed by atoms with Gasteiger partial charge in [-0.2, -0.15) is 0 Å². The maximum Gasteiger partial charge on any atom is 0.224 e. The first kappa shape index (κ1) is 16.0. The molecule has 1 aliphatic rings. The lowest BCUT2D eigenvalue weighted by Crippen LogP contribution is -2.32. The fourth-order valence-corrected chi connectivity index (χ4v) is 2.91. The van der Waals surface area contributed by atoms with Gasteiger partial charge in [-0.1, -0.05) is 31.9 Å². The van der Waals surface area contributed by atoms with E-state index in [0.717, 1.165) is 31.6 Å². The Labute approximate surface area is 128 Å². The molecule has 2 N–H and O–H groups in total. The van der Waals surface area contributed by atoms with E-state index in [1.807, 2.05) is 12.1 Å². The third-order valence-corrected chi connectivity index (χ3v) is 4.18. The molecule has 1 aromatic carbocycles. The van der Waals surface area contributed by atoms with Gasteiger partial charge >= 0.3 is 0 Å². The Morgan fingerprint density at radius 2 is 2.10 bits per heavy atom. The Morgan fingerprint density at radius 3 is 2.76 bits per heavy atom. The average Bonchev–Trinajstić information content (AvgIpc) is 2.50. The molecular weight excluding hydrogens is 260 g/mol. The van der Waals surface area contributed by atoms with Crippen LogP contribution in [0.15, 0.2) is 24.3 Å². The zero-order valence-corrected chi connectivity index (χ0v) is 13.2. The fourth-order valence-electron chi connectivity index (χ4n) is 2.91. The normalized spacial score (nSPS) is 18.4. The van der Waals surface area contributed by atoms with Crippen molar-refractivity contribution in [2.45, 2.75) is 51.9 Å². The number of hydrogen-bond donors (Lipinski definition) is 2. The smallest absolute Gasteiger partial charge is 0.224 e. The molecule has 1 saturated heterocycles. The van der Waals surface area contributed by atoms with Gasteiger partial charge in [-0.25, -0.2) is 0 Å². The monoisotopic (exact) mass is 288 g/mol. The van der Waals surface area contributed by atoms with Gasteiger partial charge in [0.05, 0.1) is 0 Å². The molecule has 1 amide bonds. The first-order chi connectivity index (χ1) is 10.3. The van der Waals surface area contributed by atoms with Crippen molar-refractivity contribution in [2.75, 3.05) is 18.4 Å². The Balaban J connectivity index is 1.75. The van der Waals surface area contributed by atoms with Crippen molar-refractivity contribution >= 4 is 11.6 Å². The third-order valence-electron chi connectivity index (χ3n) is 4.18. The van der Waals surface area contributed by atoms with E-state index in [9.17, 15) is 4.79 Å². The molecule has 1 atom stereocenters. The summed E-state index contributed by atoms with van der Waals surface area (Å²) in [5.41, 5.74) is 2.28. The number of hydrogen-bond acceptors (Lipinski definition) is 2. The van der Waals surface area contributed by atoms with Gasteiger partial charge in [0.2, 0.25) is 5.91 Å². The molecule has 1 heterocycles. The van der Waals surface area contributed by atoms with Gasteiger partial charge < -0.3 is 10.6 Å². The van der Waals surface area contributed by atoms with Gasteiger partial charge in [0.25, 0.3) is 0 Å². The van der Waals surface area contributed by atoms with E-state index in [-0.39, 0.29) is 5.91 Å². The summed E-state index contributed by atoms with van der Waals surface area (Å²) < 4.78 is 0. The number of aryl methyl sites for hydroxylation is 1. The molecule has 0 aromatic heterocycles. The lowest BCUT2D eigenvalue weighted by molar-refractivity contribution is -0.117. The Morgan fingerprint density at radius 1 is 1.29 bits per heavy atom. The van der Waals surface area contributed by atoms with Crippen LogP contribution in [-0.4, -0.2) is 19.0 Å². The van der Waals surface area contributed by atoms with Crippen LogP contribution in [0.3, 0.4) is 0 Å². The van der Waals surface area contributed by atoms with Crippen LogP contribution in [0.25, 0.3) is 0 Å². The largest absolute Gasteiger partial charge is 0.326 e. The number of piperidine rings is 1. The van der Waals surface area contributed by atoms with Crippen LogP contribution in [0.1, 0.15) is 51.0 Å². The van der Waals surface area contributed by atoms with Gasteiger partial charge in [-0.05, 0) is 62.4 Å². The predicted octanol–water partition coefficient (Wildman–Crippen LogP) is 3.75. The SMILES string of the molecule is CCCCCc1ccc(NC(=O)CC2CCCNC2)cc1. The average molecular weight is 288 g/mol. The second-order valence-corrected chi connectivity index (χ2v) is 6.12. The van der Waals surface area contributed by atoms with E-state index >= 15 is 0 Å². The van der Waals surface area contributed by atoms with Crippen LogP contribution in [0, 0.1) is 5.92 Å². The molecular formula is C18H28N2O. The predicted molar refractivity (Wildman–Crippen MR) is 88.5 cm³/mol. The molecule has 0 radical (unpaired) electrons. The van der Waals surface area contributed by atoms with Crippen molar-refractivity contribution in [3.8, 4) is 0 Å². The lowest BCUT2D eigenvalue weighted by atomic mass is 9.96. The van der Waals surface area contributed by atoms with E-state index < -0.39 is 0 Å². The second-order valence-electron chi connectivity index (χ2n) is 6.12. The minimum atomic E-state index is 0.141. The van der Waals surface area contributed by atoms with E-state index in [1.165, 1.54) is 31.2 Å². The number of anilines is 1. The molecule has 0 bridgehead atoms. The highest BCUT2D eigenvalue weighted by molar-refractivity contribution is 5.90. The standard InChI is InChI=1S/C18H28N2O/c1-2-3-4-6-15-8-10-17(11-9-15)20-18(21)13-16-7-5-12-19-14-16/h8-11,16,19H,2-7,12-14H2,1H3,(H,20,21). The summed E-state index contributed by atoms with van der Waals surface area (Å²) in [6, 6.07) is 8.32. The van der Waals surface area contributed by atoms with Crippen LogP contribution in [0.5, 0.6) is 0 Å². The number of rotatable bonds is 7. The van der Waals surface area contributed by atoms with E-state index in [4.69, 9.17) is 0 Å². The molecule has 1 aliphatic heterocycles. The van der Waals surface area contributed by atoms with Crippen LogP contribution in [0.4, 0.5) is 5.69 Å². The highest BCUT2D eigenvalue weighted by Gasteiger charge is 2.16. The summed E-state index contributed by atoms with van der Waals surface area (Å²) in [6.45, 7) is 4.29. The summed E-state index contributed by atoms with van der Waals surface area (Å²) in [4.78, 5) is 12.0. The number of benzene rings is 1. The molecule has 0 spiro atoms. The van der Waals surface area contributed by atoms with Crippen molar-refractivity contribution < 1.29 is 4.79 Å². The third kappa shape index (κ3) is 5.88. The number of nitrogens with one attached hydrogen (secondary N) is 2. The summed E-state index contributed by atoms with van der Waals surface area (Å²) in [5, 5.41) is 6.37. The van der Waals surface area contributed by atoms with Crippen LogP contribution >= 0.6 is 0 Å². The van der Waals surface area contributed by atoms with Gasteiger partial charge in [0.15, 0.2) is 0 Å². The Bertz CT molecular complexity index is 421. The van der Waals surface area contributed by atoms with Gasteiger partial charge in [-0.3, -0.25) is 4.79 Å². The van der Waals surface area contributed by atoms with Crippen LogP contribution in [-0.2, 0) is 11.2 Å². The molecule has 1 fully saturated rings. The minimum absolute atomic E-state index is 0.141. The summed E-state index contributed by atoms with van der Waals surface area (Å²) >= 11 is 0. The fraction of sp³-hybridized carbons (Fsp3) is 0.611. The van der Waals surface area contributed by atoms with Gasteiger partial charge in [0.1, 0.15) is 0 Å². The molecule has 21 heavy (non-hydrogen) atoms. The first-order valence-corrected chi connectivity index (χ1v) is 8.37. The summed E-state index contributed by atoms with van der Waals surface area (Å²) in [7, 11) is 0. The zero-order valence-electron chi connectivity index (χ0n) is 13.2. The zero-order chi connectivity index (χ0) is 14.9. The van der Waals surface area contributed by atoms with Crippen molar-refractivity contribution in [3.05, 3.63) is 29.8 Å². The molecule has 1 unspecified atom stereocenters. The van der Waals surface area contributed by atoms with Crippen molar-refractivity contribution in [1.82, 2.24) is 5.32 Å². The van der Waals surface area contributed by atoms with Crippen molar-refractivity contribution in [1.29, 1.82) is 0 Å². The lowest BCUT2D eigenvalue weighted by Gasteiger charge is -2.22. The summed E-state index contributed by atoms with van der Waals surface area (Å²) in [6.07, 6.45) is 7.90. The molecule has 3 nitrogen and oxygen atoms in total. The Hall–Kier alpha value is -1.35. The second kappa shape index (κ2) is 8.83. The minimum Gasteiger partial charge on any atom is -0.326 e.